The Bertz CT molecular complexity index is 350. The Hall–Kier alpha value is -0.640. The molecule has 0 spiro atoms. The van der Waals surface area contributed by atoms with E-state index in [1.165, 1.54) is 0 Å². The number of pyridine rings is 1. The van der Waals surface area contributed by atoms with Gasteiger partial charge >= 0.3 is 0 Å². The molecule has 1 fully saturated rings. The molecular formula is C11H15ClN2O. The van der Waals surface area contributed by atoms with E-state index >= 15 is 0 Å². The number of hydrogen-bond acceptors (Lipinski definition) is 3. The zero-order chi connectivity index (χ0) is 10.9. The lowest BCUT2D eigenvalue weighted by Gasteiger charge is -2.46. The highest BCUT2D eigenvalue weighted by Gasteiger charge is 2.39. The molecule has 0 amide bonds. The van der Waals surface area contributed by atoms with Crippen LogP contribution in [0.2, 0.25) is 5.02 Å². The normalized spacial score (nSPS) is 19.9. The molecule has 15 heavy (non-hydrogen) atoms. The Labute approximate surface area is 94.7 Å². The molecule has 1 aromatic heterocycles. The summed E-state index contributed by atoms with van der Waals surface area (Å²) in [7, 11) is 0. The van der Waals surface area contributed by atoms with Gasteiger partial charge in [0, 0.05) is 32.0 Å². The number of hydrogen-bond donors (Lipinski definition) is 1. The maximum Gasteiger partial charge on any atom is 0.0897 e. The number of β-amino-alcohol motifs (C(OH)–C–C–N with tert-alkyl or cyclic N) is 1. The van der Waals surface area contributed by atoms with Crippen molar-refractivity contribution in [2.24, 2.45) is 0 Å². The second-order valence-corrected chi connectivity index (χ2v) is 4.60. The molecule has 1 saturated heterocycles. The van der Waals surface area contributed by atoms with Crippen molar-refractivity contribution in [1.29, 1.82) is 0 Å². The first-order valence-corrected chi connectivity index (χ1v) is 5.54. The largest absolute Gasteiger partial charge is 0.387 e. The summed E-state index contributed by atoms with van der Waals surface area (Å²) in [4.78, 5) is 6.13. The average Bonchev–Trinajstić information content (AvgIpc) is 2.18. The van der Waals surface area contributed by atoms with Gasteiger partial charge in [0.2, 0.25) is 0 Å². The van der Waals surface area contributed by atoms with Crippen LogP contribution in [0.4, 0.5) is 0 Å². The topological polar surface area (TPSA) is 36.4 Å². The Morgan fingerprint density at radius 1 is 1.60 bits per heavy atom. The molecule has 1 aliphatic heterocycles. The van der Waals surface area contributed by atoms with Gasteiger partial charge in [-0.1, -0.05) is 18.5 Å². The minimum Gasteiger partial charge on any atom is -0.387 e. The molecule has 1 N–H and O–H groups in total. The summed E-state index contributed by atoms with van der Waals surface area (Å²) in [5, 5.41) is 10.5. The Morgan fingerprint density at radius 2 is 2.33 bits per heavy atom. The maximum absolute atomic E-state index is 9.85. The van der Waals surface area contributed by atoms with Crippen molar-refractivity contribution in [3.8, 4) is 0 Å². The second kappa shape index (κ2) is 4.08. The average molecular weight is 227 g/mol. The monoisotopic (exact) mass is 226 g/mol. The molecule has 2 rings (SSSR count). The smallest absolute Gasteiger partial charge is 0.0897 e. The highest BCUT2D eigenvalue weighted by atomic mass is 35.5. The number of aliphatic hydroxyl groups is 1. The molecule has 0 saturated carbocycles. The molecule has 2 heterocycles. The van der Waals surface area contributed by atoms with Gasteiger partial charge in [0.25, 0.3) is 0 Å². The lowest BCUT2D eigenvalue weighted by Crippen LogP contribution is -2.60. The Kier molecular flexibility index (Phi) is 2.96. The molecule has 82 valence electrons. The van der Waals surface area contributed by atoms with Crippen molar-refractivity contribution in [3.63, 3.8) is 0 Å². The van der Waals surface area contributed by atoms with Crippen molar-refractivity contribution in [1.82, 2.24) is 9.88 Å². The van der Waals surface area contributed by atoms with Gasteiger partial charge in [0.1, 0.15) is 0 Å². The summed E-state index contributed by atoms with van der Waals surface area (Å²) in [5.74, 6) is 0. The van der Waals surface area contributed by atoms with Crippen LogP contribution in [0.25, 0.3) is 0 Å². The molecule has 1 aromatic rings. The van der Waals surface area contributed by atoms with Crippen LogP contribution in [0.3, 0.4) is 0 Å². The van der Waals surface area contributed by atoms with Crippen molar-refractivity contribution in [3.05, 3.63) is 29.0 Å². The number of nitrogens with zero attached hydrogens (tertiary/aromatic N) is 2. The number of rotatable bonds is 3. The van der Waals surface area contributed by atoms with Crippen LogP contribution in [0.5, 0.6) is 0 Å². The molecule has 4 heteroatoms. The third kappa shape index (κ3) is 2.30. The summed E-state index contributed by atoms with van der Waals surface area (Å²) >= 11 is 6.00. The van der Waals surface area contributed by atoms with Gasteiger partial charge in [-0.3, -0.25) is 9.88 Å². The fraction of sp³-hybridized carbons (Fsp3) is 0.545. The fourth-order valence-corrected chi connectivity index (χ4v) is 2.07. The number of likely N-dealkylation sites (tertiary alicyclic amines) is 1. The molecular weight excluding hydrogens is 212 g/mol. The quantitative estimate of drug-likeness (QED) is 0.852. The lowest BCUT2D eigenvalue weighted by molar-refractivity contribution is -0.103. The summed E-state index contributed by atoms with van der Waals surface area (Å²) in [6.45, 7) is 4.28. The molecule has 0 radical (unpaired) electrons. The van der Waals surface area contributed by atoms with E-state index in [2.05, 4.69) is 9.88 Å². The van der Waals surface area contributed by atoms with Crippen molar-refractivity contribution >= 4 is 11.6 Å². The van der Waals surface area contributed by atoms with Crippen LogP contribution in [-0.4, -0.2) is 33.7 Å². The van der Waals surface area contributed by atoms with Gasteiger partial charge in [0.15, 0.2) is 0 Å². The first kappa shape index (κ1) is 10.9. The predicted molar refractivity (Wildman–Crippen MR) is 59.8 cm³/mol. The standard InChI is InChI=1S/C11H15ClN2O/c1-2-11(15)7-14(8-11)6-9-3-4-13-5-10(9)12/h3-5,15H,2,6-8H2,1H3. The predicted octanol–water partition coefficient (Wildman–Crippen LogP) is 1.69. The molecule has 1 aliphatic rings. The highest BCUT2D eigenvalue weighted by molar-refractivity contribution is 6.31. The molecule has 0 atom stereocenters. The Balaban J connectivity index is 1.93. The molecule has 0 bridgehead atoms. The van der Waals surface area contributed by atoms with E-state index in [1.54, 1.807) is 12.4 Å². The van der Waals surface area contributed by atoms with Crippen LogP contribution >= 0.6 is 11.6 Å². The molecule has 0 unspecified atom stereocenters. The summed E-state index contributed by atoms with van der Waals surface area (Å²) in [6.07, 6.45) is 4.21. The van der Waals surface area contributed by atoms with E-state index in [0.29, 0.717) is 5.02 Å². The van der Waals surface area contributed by atoms with Gasteiger partial charge in [-0.25, -0.2) is 0 Å². The van der Waals surface area contributed by atoms with E-state index in [9.17, 15) is 5.11 Å². The third-order valence-corrected chi connectivity index (χ3v) is 3.28. The minimum atomic E-state index is -0.473. The van der Waals surface area contributed by atoms with E-state index < -0.39 is 5.60 Å². The van der Waals surface area contributed by atoms with Crippen LogP contribution in [0, 0.1) is 0 Å². The van der Waals surface area contributed by atoms with Crippen LogP contribution < -0.4 is 0 Å². The van der Waals surface area contributed by atoms with Crippen LogP contribution in [-0.2, 0) is 6.54 Å². The van der Waals surface area contributed by atoms with Crippen LogP contribution in [0.15, 0.2) is 18.5 Å². The summed E-state index contributed by atoms with van der Waals surface area (Å²) in [5.41, 5.74) is 0.601. The molecule has 0 aliphatic carbocycles. The summed E-state index contributed by atoms with van der Waals surface area (Å²) in [6, 6.07) is 1.92. The van der Waals surface area contributed by atoms with E-state index in [1.807, 2.05) is 13.0 Å². The van der Waals surface area contributed by atoms with E-state index in [-0.39, 0.29) is 0 Å². The SMILES string of the molecule is CCC1(O)CN(Cc2ccncc2Cl)C1. The van der Waals surface area contributed by atoms with Gasteiger partial charge in [-0.2, -0.15) is 0 Å². The number of aromatic nitrogens is 1. The minimum absolute atomic E-state index is 0.473. The zero-order valence-electron chi connectivity index (χ0n) is 8.78. The van der Waals surface area contributed by atoms with Crippen molar-refractivity contribution < 1.29 is 5.11 Å². The Morgan fingerprint density at radius 3 is 2.93 bits per heavy atom. The van der Waals surface area contributed by atoms with E-state index in [4.69, 9.17) is 11.6 Å². The third-order valence-electron chi connectivity index (χ3n) is 2.94. The fourth-order valence-electron chi connectivity index (χ4n) is 1.89. The highest BCUT2D eigenvalue weighted by Crippen LogP contribution is 2.27. The van der Waals surface area contributed by atoms with Gasteiger partial charge < -0.3 is 5.11 Å². The van der Waals surface area contributed by atoms with Crippen molar-refractivity contribution in [2.45, 2.75) is 25.5 Å². The molecule has 3 nitrogen and oxygen atoms in total. The maximum atomic E-state index is 9.85. The first-order chi connectivity index (χ1) is 7.13. The second-order valence-electron chi connectivity index (χ2n) is 4.19. The van der Waals surface area contributed by atoms with Gasteiger partial charge in [0.05, 0.1) is 10.6 Å². The van der Waals surface area contributed by atoms with Crippen molar-refractivity contribution in [2.75, 3.05) is 13.1 Å². The lowest BCUT2D eigenvalue weighted by atomic mass is 9.91. The van der Waals surface area contributed by atoms with E-state index in [0.717, 1.165) is 31.6 Å². The first-order valence-electron chi connectivity index (χ1n) is 5.16. The van der Waals surface area contributed by atoms with Crippen LogP contribution in [0.1, 0.15) is 18.9 Å². The zero-order valence-corrected chi connectivity index (χ0v) is 9.54. The number of halogens is 1. The summed E-state index contributed by atoms with van der Waals surface area (Å²) < 4.78 is 0. The van der Waals surface area contributed by atoms with Gasteiger partial charge in [-0.05, 0) is 18.1 Å². The molecule has 0 aromatic carbocycles. The van der Waals surface area contributed by atoms with Gasteiger partial charge in [-0.15, -0.1) is 0 Å².